The molecule has 0 aromatic heterocycles. The van der Waals surface area contributed by atoms with Gasteiger partial charge in [-0.25, -0.2) is 4.79 Å². The van der Waals surface area contributed by atoms with Crippen LogP contribution in [0.1, 0.15) is 91.4 Å². The molecule has 59 heavy (non-hydrogen) atoms. The summed E-state index contributed by atoms with van der Waals surface area (Å²) in [6, 6.07) is 17.4. The molecule has 0 spiro atoms. The number of carbonyl (C=O) groups excluding carboxylic acids is 2. The highest BCUT2D eigenvalue weighted by molar-refractivity contribution is 5.90. The van der Waals surface area contributed by atoms with Crippen LogP contribution in [-0.4, -0.2) is 130 Å². The van der Waals surface area contributed by atoms with Crippen molar-refractivity contribution in [2.45, 2.75) is 141 Å². The minimum absolute atomic E-state index is 0.0363. The van der Waals surface area contributed by atoms with E-state index in [0.29, 0.717) is 25.2 Å². The Bertz CT molecular complexity index is 1640. The molecular weight excluding hydrogens is 760 g/mol. The molecule has 2 heterocycles. The molecule has 2 fully saturated rings. The van der Waals surface area contributed by atoms with E-state index >= 15 is 0 Å². The summed E-state index contributed by atoms with van der Waals surface area (Å²) < 4.78 is 30.8. The summed E-state index contributed by atoms with van der Waals surface area (Å²) in [5.41, 5.74) is -3.18. The third-order valence-electron chi connectivity index (χ3n) is 11.9. The van der Waals surface area contributed by atoms with E-state index in [4.69, 9.17) is 28.5 Å². The number of esters is 2. The van der Waals surface area contributed by atoms with E-state index in [1.165, 1.54) is 6.92 Å². The lowest BCUT2D eigenvalue weighted by atomic mass is 9.73. The predicted octanol–water partition coefficient (Wildman–Crippen LogP) is 5.00. The summed E-state index contributed by atoms with van der Waals surface area (Å²) >= 11 is 0. The summed E-state index contributed by atoms with van der Waals surface area (Å²) in [4.78, 5) is 35.6. The lowest BCUT2D eigenvalue weighted by molar-refractivity contribution is -0.298. The van der Waals surface area contributed by atoms with E-state index < -0.39 is 83.6 Å². The van der Waals surface area contributed by atoms with E-state index in [1.807, 2.05) is 63.2 Å². The summed E-state index contributed by atoms with van der Waals surface area (Å²) in [7, 11) is 3.71. The summed E-state index contributed by atoms with van der Waals surface area (Å²) in [6.07, 6.45) is -6.70. The van der Waals surface area contributed by atoms with E-state index in [2.05, 4.69) is 5.16 Å². The van der Waals surface area contributed by atoms with Gasteiger partial charge in [-0.05, 0) is 85.3 Å². The van der Waals surface area contributed by atoms with Gasteiger partial charge >= 0.3 is 11.9 Å². The summed E-state index contributed by atoms with van der Waals surface area (Å²) in [6.45, 7) is 13.9. The number of aliphatic hydroxyl groups excluding tert-OH is 2. The van der Waals surface area contributed by atoms with Gasteiger partial charge in [-0.15, -0.1) is 0 Å². The Morgan fingerprint density at radius 1 is 0.932 bits per heavy atom. The summed E-state index contributed by atoms with van der Waals surface area (Å²) in [5.74, 6) is -4.33. The van der Waals surface area contributed by atoms with Crippen molar-refractivity contribution in [2.24, 2.45) is 28.8 Å². The van der Waals surface area contributed by atoms with E-state index in [1.54, 1.807) is 65.0 Å². The van der Waals surface area contributed by atoms with Gasteiger partial charge in [0.15, 0.2) is 6.29 Å². The van der Waals surface area contributed by atoms with Crippen molar-refractivity contribution < 1.29 is 58.5 Å². The van der Waals surface area contributed by atoms with Crippen molar-refractivity contribution in [1.82, 2.24) is 4.90 Å². The quantitative estimate of drug-likeness (QED) is 0.127. The molecule has 0 radical (unpaired) electrons. The second-order valence-electron chi connectivity index (χ2n) is 17.1. The number of ether oxygens (including phenoxy) is 5. The molecule has 4 N–H and O–H groups in total. The number of hydrogen-bond acceptors (Lipinski definition) is 14. The molecule has 14 heteroatoms. The molecule has 2 aromatic carbocycles. The molecule has 2 saturated heterocycles. The van der Waals surface area contributed by atoms with Crippen LogP contribution in [-0.2, 0) is 28.6 Å². The third kappa shape index (κ3) is 12.2. The van der Waals surface area contributed by atoms with Crippen LogP contribution < -0.4 is 4.74 Å². The number of nitrogens with zero attached hydrogens (tertiary/aromatic N) is 2. The number of hydrogen-bond donors (Lipinski definition) is 4. The van der Waals surface area contributed by atoms with E-state index in [9.17, 15) is 30.0 Å². The van der Waals surface area contributed by atoms with Gasteiger partial charge in [0, 0.05) is 30.2 Å². The lowest BCUT2D eigenvalue weighted by Crippen LogP contribution is -2.60. The van der Waals surface area contributed by atoms with Gasteiger partial charge in [-0.2, -0.15) is 0 Å². The van der Waals surface area contributed by atoms with Crippen molar-refractivity contribution in [2.75, 3.05) is 27.3 Å². The number of cyclic esters (lactones) is 1. The largest absolute Gasteiger partial charge is 0.493 e. The highest BCUT2D eigenvalue weighted by Crippen LogP contribution is 2.39. The van der Waals surface area contributed by atoms with Gasteiger partial charge in [0.25, 0.3) is 0 Å². The topological polar surface area (TPSA) is 186 Å². The number of para-hydroxylation sites is 1. The smallest absolute Gasteiger partial charge is 0.338 e. The SMILES string of the molecule is CC[C@H]1OC(=O)[C@H](C)[C@@H](OC(=O)c2ccccc2)[C@H](C)[C@@H](O[C@@H]2O[C@H](C)C[C@H](N(C)C)[C@H]2O)C(C)(O)C[C@@H](C)/C(=N\OCCCOc2ccccc2)[C@H](C)[C@@H](O)[C@]1(C)O. The lowest BCUT2D eigenvalue weighted by Gasteiger charge is -2.47. The maximum absolute atomic E-state index is 14.2. The van der Waals surface area contributed by atoms with Gasteiger partial charge in [0.2, 0.25) is 0 Å². The normalized spacial score (nSPS) is 37.0. The molecule has 1 unspecified atom stereocenters. The van der Waals surface area contributed by atoms with Gasteiger partial charge in [0.05, 0.1) is 47.7 Å². The first-order valence-electron chi connectivity index (χ1n) is 20.9. The van der Waals surface area contributed by atoms with Gasteiger partial charge in [-0.1, -0.05) is 69.2 Å². The fourth-order valence-electron chi connectivity index (χ4n) is 8.51. The van der Waals surface area contributed by atoms with Crippen LogP contribution in [0.25, 0.3) is 0 Å². The number of aliphatic hydroxyl groups is 4. The number of likely N-dealkylation sites (N-methyl/N-ethyl adjacent to an activating group) is 1. The standard InChI is InChI=1S/C45H68N2O12/c1-11-35-45(8,53)39(49)29(4)36(46-55-24-18-23-54-33-21-16-13-17-22-33)27(2)26-44(7,52)40(59-43-37(48)34(47(9)10)25-28(3)56-43)30(5)38(31(6)41(50)57-35)58-42(51)32-19-14-12-15-20-32/h12-17,19-22,27-31,34-35,37-40,43,48-49,52-53H,11,18,23-26H2,1-10H3/b46-36+/t27-,28-,29+,30+,31-,34+,35-,37-,38+,39-,40-,43+,44?,45-/m1/s1. The Morgan fingerprint density at radius 2 is 1.56 bits per heavy atom. The molecule has 2 aromatic rings. The number of rotatable bonds is 12. The zero-order valence-electron chi connectivity index (χ0n) is 36.4. The molecule has 2 aliphatic rings. The highest BCUT2D eigenvalue weighted by atomic mass is 16.7. The Kier molecular flexibility index (Phi) is 17.3. The van der Waals surface area contributed by atoms with Crippen molar-refractivity contribution in [1.29, 1.82) is 0 Å². The number of benzene rings is 2. The first-order valence-corrected chi connectivity index (χ1v) is 20.9. The molecule has 4 rings (SSSR count). The Labute approximate surface area is 349 Å². The molecule has 0 amide bonds. The van der Waals surface area contributed by atoms with E-state index in [0.717, 1.165) is 5.75 Å². The third-order valence-corrected chi connectivity index (χ3v) is 11.9. The minimum Gasteiger partial charge on any atom is -0.493 e. The Morgan fingerprint density at radius 3 is 2.17 bits per heavy atom. The first kappa shape index (κ1) is 48.0. The fourth-order valence-corrected chi connectivity index (χ4v) is 8.51. The number of carbonyl (C=O) groups is 2. The van der Waals surface area contributed by atoms with Gasteiger partial charge < -0.3 is 53.8 Å². The van der Waals surface area contributed by atoms with Crippen molar-refractivity contribution in [3.63, 3.8) is 0 Å². The zero-order valence-corrected chi connectivity index (χ0v) is 36.4. The molecule has 330 valence electrons. The van der Waals surface area contributed by atoms with Crippen LogP contribution in [0.5, 0.6) is 5.75 Å². The van der Waals surface area contributed by atoms with Crippen LogP contribution in [0.2, 0.25) is 0 Å². The Balaban J connectivity index is 1.78. The minimum atomic E-state index is -1.97. The van der Waals surface area contributed by atoms with Crippen LogP contribution >= 0.6 is 0 Å². The van der Waals surface area contributed by atoms with Crippen LogP contribution in [0.4, 0.5) is 0 Å². The molecule has 14 nitrogen and oxygen atoms in total. The molecular formula is C45H68N2O12. The first-order chi connectivity index (χ1) is 27.8. The molecule has 14 atom stereocenters. The summed E-state index contributed by atoms with van der Waals surface area (Å²) in [5, 5.41) is 52.6. The van der Waals surface area contributed by atoms with Crippen LogP contribution in [0, 0.1) is 23.7 Å². The van der Waals surface area contributed by atoms with Gasteiger partial charge in [-0.3, -0.25) is 4.79 Å². The number of oxime groups is 1. The zero-order chi connectivity index (χ0) is 43.7. The monoisotopic (exact) mass is 828 g/mol. The molecule has 2 aliphatic heterocycles. The predicted molar refractivity (Wildman–Crippen MR) is 222 cm³/mol. The second-order valence-corrected chi connectivity index (χ2v) is 17.1. The van der Waals surface area contributed by atoms with Crippen molar-refractivity contribution in [3.05, 3.63) is 66.2 Å². The molecule has 0 bridgehead atoms. The molecule has 0 saturated carbocycles. The molecule has 0 aliphatic carbocycles. The fraction of sp³-hybridized carbons (Fsp3) is 0.667. The van der Waals surface area contributed by atoms with Crippen LogP contribution in [0.3, 0.4) is 0 Å². The maximum atomic E-state index is 14.2. The van der Waals surface area contributed by atoms with Crippen molar-refractivity contribution >= 4 is 17.7 Å². The highest BCUT2D eigenvalue weighted by Gasteiger charge is 2.52. The van der Waals surface area contributed by atoms with Crippen molar-refractivity contribution in [3.8, 4) is 5.75 Å². The van der Waals surface area contributed by atoms with Crippen LogP contribution in [0.15, 0.2) is 65.8 Å². The average molecular weight is 829 g/mol. The second kappa shape index (κ2) is 21.2. The maximum Gasteiger partial charge on any atom is 0.338 e. The van der Waals surface area contributed by atoms with E-state index in [-0.39, 0.29) is 37.2 Å². The average Bonchev–Trinajstić information content (AvgIpc) is 3.20. The Hall–Kier alpha value is -3.63. The van der Waals surface area contributed by atoms with Gasteiger partial charge in [0.1, 0.15) is 36.3 Å².